The fourth-order valence-corrected chi connectivity index (χ4v) is 5.98. The summed E-state index contributed by atoms with van der Waals surface area (Å²) in [4.78, 5) is 29.3. The number of benzene rings is 2. The molecule has 2 N–H and O–H groups in total. The minimum absolute atomic E-state index is 0.0396. The van der Waals surface area contributed by atoms with Crippen LogP contribution in [0.25, 0.3) is 21.9 Å². The van der Waals surface area contributed by atoms with Gasteiger partial charge in [0.1, 0.15) is 18.9 Å². The Morgan fingerprint density at radius 2 is 1.84 bits per heavy atom. The summed E-state index contributed by atoms with van der Waals surface area (Å²) >= 11 is 0. The zero-order chi connectivity index (χ0) is 26.6. The van der Waals surface area contributed by atoms with E-state index in [9.17, 15) is 9.59 Å². The highest BCUT2D eigenvalue weighted by molar-refractivity contribution is 6.08. The fourth-order valence-electron chi connectivity index (χ4n) is 5.98. The number of nitrogens with zero attached hydrogens (tertiary/aromatic N) is 2. The third-order valence-corrected chi connectivity index (χ3v) is 7.67. The van der Waals surface area contributed by atoms with Crippen LogP contribution < -0.4 is 5.32 Å². The molecule has 5 rings (SSSR count). The summed E-state index contributed by atoms with van der Waals surface area (Å²) in [6.45, 7) is 4.49. The van der Waals surface area contributed by atoms with Gasteiger partial charge in [-0.15, -0.1) is 0 Å². The molecule has 2 heterocycles. The molecule has 38 heavy (non-hydrogen) atoms. The number of esters is 1. The number of rotatable bonds is 9. The third-order valence-electron chi connectivity index (χ3n) is 7.67. The Kier molecular flexibility index (Phi) is 7.74. The smallest absolute Gasteiger partial charge is 0.331 e. The summed E-state index contributed by atoms with van der Waals surface area (Å²) in [5.74, 6) is -0.665. The van der Waals surface area contributed by atoms with Crippen LogP contribution in [0.2, 0.25) is 0 Å². The number of hydrogen-bond acceptors (Lipinski definition) is 5. The van der Waals surface area contributed by atoms with Crippen LogP contribution in [-0.4, -0.2) is 46.3 Å². The zero-order valence-electron chi connectivity index (χ0n) is 22.1. The number of aryl methyl sites for hydroxylation is 2. The Balaban J connectivity index is 1.39. The van der Waals surface area contributed by atoms with Crippen LogP contribution in [-0.2, 0) is 20.9 Å². The number of pyridine rings is 1. The number of aromatic nitrogens is 2. The highest BCUT2D eigenvalue weighted by Gasteiger charge is 2.32. The van der Waals surface area contributed by atoms with Gasteiger partial charge < -0.3 is 19.7 Å². The van der Waals surface area contributed by atoms with Gasteiger partial charge in [0.05, 0.1) is 18.0 Å². The first-order chi connectivity index (χ1) is 18.5. The summed E-state index contributed by atoms with van der Waals surface area (Å²) in [7, 11) is 0. The maximum Gasteiger partial charge on any atom is 0.331 e. The Morgan fingerprint density at radius 1 is 1.11 bits per heavy atom. The number of fused-ring (bicyclic) bond motifs is 3. The Morgan fingerprint density at radius 3 is 2.58 bits per heavy atom. The Labute approximate surface area is 222 Å². The van der Waals surface area contributed by atoms with E-state index >= 15 is 0 Å². The van der Waals surface area contributed by atoms with Crippen LogP contribution in [0.15, 0.2) is 54.6 Å². The predicted molar refractivity (Wildman–Crippen MR) is 148 cm³/mol. The van der Waals surface area contributed by atoms with Crippen molar-refractivity contribution in [3.8, 4) is 0 Å². The van der Waals surface area contributed by atoms with Crippen molar-refractivity contribution in [2.75, 3.05) is 19.8 Å². The molecule has 1 saturated carbocycles. The second kappa shape index (κ2) is 11.4. The van der Waals surface area contributed by atoms with Crippen molar-refractivity contribution in [3.05, 3.63) is 77.0 Å². The van der Waals surface area contributed by atoms with Gasteiger partial charge in [-0.1, -0.05) is 55.3 Å². The lowest BCUT2D eigenvalue weighted by Crippen LogP contribution is -2.35. The number of aliphatic hydroxyl groups excluding tert-OH is 1. The largest absolute Gasteiger partial charge is 0.462 e. The van der Waals surface area contributed by atoms with Gasteiger partial charge in [-0.3, -0.25) is 4.79 Å². The first kappa shape index (κ1) is 25.9. The van der Waals surface area contributed by atoms with Gasteiger partial charge in [-0.25, -0.2) is 9.78 Å². The van der Waals surface area contributed by atoms with Crippen molar-refractivity contribution in [3.63, 3.8) is 0 Å². The lowest BCUT2D eigenvalue weighted by molar-refractivity contribution is -0.147. The monoisotopic (exact) mass is 513 g/mol. The maximum absolute atomic E-state index is 13.2. The molecule has 1 fully saturated rings. The first-order valence-corrected chi connectivity index (χ1v) is 13.4. The van der Waals surface area contributed by atoms with E-state index in [0.29, 0.717) is 12.5 Å². The minimum atomic E-state index is -0.689. The zero-order valence-corrected chi connectivity index (χ0v) is 22.1. The van der Waals surface area contributed by atoms with Gasteiger partial charge in [0, 0.05) is 23.0 Å². The van der Waals surface area contributed by atoms with Crippen LogP contribution >= 0.6 is 0 Å². The molecule has 2 aromatic heterocycles. The second-order valence-corrected chi connectivity index (χ2v) is 10.3. The van der Waals surface area contributed by atoms with Crippen molar-refractivity contribution >= 4 is 33.8 Å². The van der Waals surface area contributed by atoms with Crippen molar-refractivity contribution in [2.45, 2.75) is 52.0 Å². The quantitative estimate of drug-likeness (QED) is 0.248. The highest BCUT2D eigenvalue weighted by Crippen LogP contribution is 2.38. The molecule has 0 bridgehead atoms. The molecule has 0 aliphatic heterocycles. The molecule has 1 amide bonds. The molecule has 7 nitrogen and oxygen atoms in total. The van der Waals surface area contributed by atoms with Gasteiger partial charge in [-0.2, -0.15) is 0 Å². The van der Waals surface area contributed by atoms with E-state index in [0.717, 1.165) is 53.7 Å². The number of ether oxygens (including phenoxy) is 1. The number of amides is 1. The molecule has 1 aliphatic rings. The number of para-hydroxylation sites is 1. The highest BCUT2D eigenvalue weighted by atomic mass is 16.5. The predicted octanol–water partition coefficient (Wildman–Crippen LogP) is 4.78. The molecule has 1 aliphatic carbocycles. The molecule has 0 spiro atoms. The molecule has 1 atom stereocenters. The summed E-state index contributed by atoms with van der Waals surface area (Å²) in [5.41, 5.74) is 6.56. The molecular formula is C31H35N3O4. The summed E-state index contributed by atoms with van der Waals surface area (Å²) in [6, 6.07) is 19.0. The van der Waals surface area contributed by atoms with Crippen LogP contribution in [0.3, 0.4) is 0 Å². The molecule has 2 aromatic carbocycles. The first-order valence-electron chi connectivity index (χ1n) is 13.4. The van der Waals surface area contributed by atoms with Crippen molar-refractivity contribution < 1.29 is 19.4 Å². The molecule has 7 heteroatoms. The molecule has 198 valence electrons. The lowest BCUT2D eigenvalue weighted by atomic mass is 9.84. The van der Waals surface area contributed by atoms with E-state index in [2.05, 4.69) is 71.4 Å². The number of hydrogen-bond donors (Lipinski definition) is 2. The molecule has 0 saturated heterocycles. The Hall–Kier alpha value is -3.71. The standard InChI is InChI=1S/C31H35N3O4/c1-20-17-21(2)33-30-28(20)25-9-5-6-10-26(25)34(30)18-22-11-13-24(14-12-22)29(23-7-3-4-8-23)31(37)32-15-16-38-27(36)19-35/h5-6,9-14,17,23,29,35H,3-4,7-8,15-16,18-19H2,1-2H3,(H,32,37)/t29-/m0/s1. The second-order valence-electron chi connectivity index (χ2n) is 10.3. The van der Waals surface area contributed by atoms with E-state index < -0.39 is 12.6 Å². The fraction of sp³-hybridized carbons (Fsp3) is 0.387. The van der Waals surface area contributed by atoms with Gasteiger partial charge in [-0.05, 0) is 61.4 Å². The number of carbonyl (C=O) groups excluding carboxylic acids is 2. The normalized spacial score (nSPS) is 14.7. The van der Waals surface area contributed by atoms with Crippen LogP contribution in [0, 0.1) is 19.8 Å². The van der Waals surface area contributed by atoms with E-state index in [4.69, 9.17) is 14.8 Å². The van der Waals surface area contributed by atoms with Gasteiger partial charge >= 0.3 is 5.97 Å². The maximum atomic E-state index is 13.2. The van der Waals surface area contributed by atoms with Gasteiger partial charge in [0.25, 0.3) is 0 Å². The van der Waals surface area contributed by atoms with E-state index in [1.54, 1.807) is 0 Å². The Bertz CT molecular complexity index is 1450. The minimum Gasteiger partial charge on any atom is -0.462 e. The van der Waals surface area contributed by atoms with Gasteiger partial charge in [0.15, 0.2) is 0 Å². The van der Waals surface area contributed by atoms with Crippen molar-refractivity contribution in [1.82, 2.24) is 14.9 Å². The average molecular weight is 514 g/mol. The van der Waals surface area contributed by atoms with Crippen LogP contribution in [0.5, 0.6) is 0 Å². The van der Waals surface area contributed by atoms with Crippen LogP contribution in [0.4, 0.5) is 0 Å². The topological polar surface area (TPSA) is 93.5 Å². The molecule has 0 unspecified atom stereocenters. The number of aliphatic hydroxyl groups is 1. The van der Waals surface area contributed by atoms with E-state index in [1.807, 2.05) is 6.92 Å². The van der Waals surface area contributed by atoms with Crippen LogP contribution in [0.1, 0.15) is 54.0 Å². The third kappa shape index (κ3) is 5.29. The van der Waals surface area contributed by atoms with Crippen molar-refractivity contribution in [2.24, 2.45) is 5.92 Å². The number of nitrogens with one attached hydrogen (secondary N) is 1. The SMILES string of the molecule is Cc1cc(C)c2c3ccccc3n(Cc3ccc([C@@H](C(=O)NCCOC(=O)CO)C4CCCC4)cc3)c2n1. The van der Waals surface area contributed by atoms with E-state index in [-0.39, 0.29) is 25.0 Å². The van der Waals surface area contributed by atoms with Gasteiger partial charge in [0.2, 0.25) is 5.91 Å². The molecule has 0 radical (unpaired) electrons. The summed E-state index contributed by atoms with van der Waals surface area (Å²) in [5, 5.41) is 14.1. The molecule has 4 aromatic rings. The number of carbonyl (C=O) groups is 2. The summed E-state index contributed by atoms with van der Waals surface area (Å²) in [6.07, 6.45) is 4.34. The lowest BCUT2D eigenvalue weighted by Gasteiger charge is -2.23. The molecular weight excluding hydrogens is 478 g/mol. The van der Waals surface area contributed by atoms with Crippen molar-refractivity contribution in [1.29, 1.82) is 0 Å². The average Bonchev–Trinajstić information content (AvgIpc) is 3.55. The van der Waals surface area contributed by atoms with E-state index in [1.165, 1.54) is 16.3 Å². The summed E-state index contributed by atoms with van der Waals surface area (Å²) < 4.78 is 7.17.